The highest BCUT2D eigenvalue weighted by Gasteiger charge is 2.44. The topological polar surface area (TPSA) is 90.1 Å². The molecule has 8 heteroatoms. The summed E-state index contributed by atoms with van der Waals surface area (Å²) in [6.45, 7) is 5.91. The largest absolute Gasteiger partial charge is 0.378 e. The summed E-state index contributed by atoms with van der Waals surface area (Å²) < 4.78 is 5.43. The van der Waals surface area contributed by atoms with E-state index in [0.29, 0.717) is 13.2 Å². The maximum Gasteiger partial charge on any atom is 0.255 e. The average Bonchev–Trinajstić information content (AvgIpc) is 3.33. The molecule has 3 aliphatic rings. The molecule has 0 unspecified atom stereocenters. The number of anilines is 1. The zero-order chi connectivity index (χ0) is 18.3. The summed E-state index contributed by atoms with van der Waals surface area (Å²) in [5.74, 6) is 0.725. The Balaban J connectivity index is 1.37. The zero-order valence-electron chi connectivity index (χ0n) is 15.5. The number of nitrogens with zero attached hydrogens (tertiary/aromatic N) is 4. The van der Waals surface area contributed by atoms with E-state index in [-0.39, 0.29) is 11.0 Å². The maximum atomic E-state index is 12.7. The first-order chi connectivity index (χ1) is 13.2. The highest BCUT2D eigenvalue weighted by atomic mass is 16.5. The number of piperidine rings is 1. The van der Waals surface area contributed by atoms with Gasteiger partial charge in [0.15, 0.2) is 0 Å². The first-order valence-electron chi connectivity index (χ1n) is 9.89. The summed E-state index contributed by atoms with van der Waals surface area (Å²) in [7, 11) is 0. The molecule has 2 N–H and O–H groups in total. The number of morpholine rings is 1. The second-order valence-corrected chi connectivity index (χ2v) is 7.95. The Bertz CT molecular complexity index is 848. The molecule has 1 spiro atoms. The molecule has 2 saturated heterocycles. The third kappa shape index (κ3) is 3.06. The lowest BCUT2D eigenvalue weighted by Gasteiger charge is -2.39. The van der Waals surface area contributed by atoms with E-state index >= 15 is 0 Å². The molecular weight excluding hydrogens is 344 g/mol. The monoisotopic (exact) mass is 370 g/mol. The lowest BCUT2D eigenvalue weighted by atomic mass is 9.76. The standard InChI is InChI=1S/C19H26N6O2/c26-17-15-1-2-19(3-5-24(6-4-19)12-14-11-20-13-21-14)16(15)22-18(23-17)25-7-9-27-10-8-25/h11,13H,1-10,12H2,(H,20,21)(H,22,23,26). The van der Waals surface area contributed by atoms with Gasteiger partial charge < -0.3 is 14.6 Å². The number of nitrogens with one attached hydrogen (secondary N) is 2. The average molecular weight is 370 g/mol. The van der Waals surface area contributed by atoms with Crippen LogP contribution in [0, 0.1) is 0 Å². The molecule has 0 radical (unpaired) electrons. The number of imidazole rings is 1. The van der Waals surface area contributed by atoms with Crippen LogP contribution in [0.25, 0.3) is 0 Å². The molecule has 0 amide bonds. The highest BCUT2D eigenvalue weighted by Crippen LogP contribution is 2.44. The van der Waals surface area contributed by atoms with Gasteiger partial charge in [-0.25, -0.2) is 9.97 Å². The smallest absolute Gasteiger partial charge is 0.255 e. The summed E-state index contributed by atoms with van der Waals surface area (Å²) in [5, 5.41) is 0. The summed E-state index contributed by atoms with van der Waals surface area (Å²) in [6.07, 6.45) is 7.65. The number of hydrogen-bond donors (Lipinski definition) is 2. The fraction of sp³-hybridized carbons (Fsp3) is 0.632. The van der Waals surface area contributed by atoms with Crippen LogP contribution in [0.3, 0.4) is 0 Å². The summed E-state index contributed by atoms with van der Waals surface area (Å²) in [5.41, 5.74) is 3.25. The predicted molar refractivity (Wildman–Crippen MR) is 101 cm³/mol. The van der Waals surface area contributed by atoms with Crippen LogP contribution in [-0.2, 0) is 23.1 Å². The van der Waals surface area contributed by atoms with Gasteiger partial charge in [-0.1, -0.05) is 0 Å². The van der Waals surface area contributed by atoms with E-state index in [1.165, 1.54) is 0 Å². The van der Waals surface area contributed by atoms with Gasteiger partial charge in [-0.3, -0.25) is 14.7 Å². The molecule has 0 atom stereocenters. The van der Waals surface area contributed by atoms with Crippen LogP contribution in [0.2, 0.25) is 0 Å². The fourth-order valence-electron chi connectivity index (χ4n) is 4.80. The number of rotatable bonds is 3. The Labute approximate surface area is 158 Å². The van der Waals surface area contributed by atoms with Crippen molar-refractivity contribution in [2.24, 2.45) is 0 Å². The van der Waals surface area contributed by atoms with Crippen molar-refractivity contribution in [1.82, 2.24) is 24.8 Å². The van der Waals surface area contributed by atoms with Crippen molar-refractivity contribution >= 4 is 5.95 Å². The normalized spacial score (nSPS) is 22.3. The van der Waals surface area contributed by atoms with Crippen molar-refractivity contribution in [3.8, 4) is 0 Å². The van der Waals surface area contributed by atoms with E-state index in [2.05, 4.69) is 24.8 Å². The van der Waals surface area contributed by atoms with E-state index < -0.39 is 0 Å². The number of ether oxygens (including phenoxy) is 1. The molecule has 0 bridgehead atoms. The molecule has 2 fully saturated rings. The van der Waals surface area contributed by atoms with Crippen LogP contribution >= 0.6 is 0 Å². The van der Waals surface area contributed by atoms with Gasteiger partial charge in [-0.05, 0) is 38.8 Å². The van der Waals surface area contributed by atoms with Gasteiger partial charge >= 0.3 is 0 Å². The summed E-state index contributed by atoms with van der Waals surface area (Å²) in [4.78, 5) is 32.6. The number of aromatic amines is 2. The lowest BCUT2D eigenvalue weighted by molar-refractivity contribution is 0.121. The molecule has 27 heavy (non-hydrogen) atoms. The van der Waals surface area contributed by atoms with Gasteiger partial charge in [0, 0.05) is 42.5 Å². The molecule has 144 valence electrons. The van der Waals surface area contributed by atoms with Crippen molar-refractivity contribution in [1.29, 1.82) is 0 Å². The fourth-order valence-corrected chi connectivity index (χ4v) is 4.80. The van der Waals surface area contributed by atoms with Crippen LogP contribution in [0.5, 0.6) is 0 Å². The van der Waals surface area contributed by atoms with Gasteiger partial charge in [0.25, 0.3) is 5.56 Å². The summed E-state index contributed by atoms with van der Waals surface area (Å²) in [6, 6.07) is 0. The van der Waals surface area contributed by atoms with Gasteiger partial charge in [0.2, 0.25) is 5.95 Å². The van der Waals surface area contributed by atoms with E-state index in [9.17, 15) is 4.79 Å². The van der Waals surface area contributed by atoms with Crippen molar-refractivity contribution in [2.75, 3.05) is 44.3 Å². The second kappa shape index (κ2) is 6.76. The third-order valence-corrected chi connectivity index (χ3v) is 6.43. The molecular formula is C19H26N6O2. The van der Waals surface area contributed by atoms with E-state index in [1.807, 2.05) is 6.20 Å². The minimum atomic E-state index is 0.0539. The summed E-state index contributed by atoms with van der Waals surface area (Å²) >= 11 is 0. The quantitative estimate of drug-likeness (QED) is 0.831. The Morgan fingerprint density at radius 3 is 2.70 bits per heavy atom. The highest BCUT2D eigenvalue weighted by molar-refractivity contribution is 5.40. The maximum absolute atomic E-state index is 12.7. The molecule has 8 nitrogen and oxygen atoms in total. The lowest BCUT2D eigenvalue weighted by Crippen LogP contribution is -2.43. The first-order valence-corrected chi connectivity index (χ1v) is 9.89. The molecule has 2 aromatic heterocycles. The van der Waals surface area contributed by atoms with Gasteiger partial charge in [-0.2, -0.15) is 0 Å². The number of hydrogen-bond acceptors (Lipinski definition) is 6. The number of aromatic nitrogens is 4. The Kier molecular flexibility index (Phi) is 4.24. The molecule has 4 heterocycles. The van der Waals surface area contributed by atoms with Crippen LogP contribution in [0.1, 0.15) is 36.2 Å². The third-order valence-electron chi connectivity index (χ3n) is 6.43. The second-order valence-electron chi connectivity index (χ2n) is 7.95. The van der Waals surface area contributed by atoms with Crippen molar-refractivity contribution < 1.29 is 4.74 Å². The molecule has 0 saturated carbocycles. The molecule has 1 aliphatic carbocycles. The zero-order valence-corrected chi connectivity index (χ0v) is 15.5. The van der Waals surface area contributed by atoms with Crippen molar-refractivity contribution in [2.45, 2.75) is 37.6 Å². The van der Waals surface area contributed by atoms with Crippen LogP contribution < -0.4 is 10.5 Å². The minimum absolute atomic E-state index is 0.0539. The number of H-pyrrole nitrogens is 2. The van der Waals surface area contributed by atoms with Crippen molar-refractivity contribution in [3.63, 3.8) is 0 Å². The molecule has 0 aromatic carbocycles. The predicted octanol–water partition coefficient (Wildman–Crippen LogP) is 0.810. The van der Waals surface area contributed by atoms with E-state index in [1.54, 1.807) is 6.33 Å². The SMILES string of the molecule is O=c1[nH]c(N2CCOCC2)nc2c1CCC21CCN(Cc2cnc[nH]2)CC1. The number of fused-ring (bicyclic) bond motifs is 2. The van der Waals surface area contributed by atoms with Gasteiger partial charge in [0.05, 0.1) is 25.2 Å². The molecule has 2 aromatic rings. The Morgan fingerprint density at radius 2 is 1.96 bits per heavy atom. The number of likely N-dealkylation sites (tertiary alicyclic amines) is 1. The molecule has 2 aliphatic heterocycles. The Morgan fingerprint density at radius 1 is 1.15 bits per heavy atom. The first kappa shape index (κ1) is 16.9. The van der Waals surface area contributed by atoms with E-state index in [4.69, 9.17) is 9.72 Å². The minimum Gasteiger partial charge on any atom is -0.378 e. The van der Waals surface area contributed by atoms with Crippen LogP contribution in [0.15, 0.2) is 17.3 Å². The van der Waals surface area contributed by atoms with Crippen LogP contribution in [-0.4, -0.2) is 64.2 Å². The van der Waals surface area contributed by atoms with E-state index in [0.717, 1.165) is 81.3 Å². The molecule has 5 rings (SSSR count). The van der Waals surface area contributed by atoms with Gasteiger partial charge in [0.1, 0.15) is 0 Å². The van der Waals surface area contributed by atoms with Gasteiger partial charge in [-0.15, -0.1) is 0 Å². The van der Waals surface area contributed by atoms with Crippen molar-refractivity contribution in [3.05, 3.63) is 39.8 Å². The van der Waals surface area contributed by atoms with Crippen LogP contribution in [0.4, 0.5) is 5.95 Å². The Hall–Kier alpha value is -2.19.